The maximum atomic E-state index is 5.22. The molecule has 1 atom stereocenters. The van der Waals surface area contributed by atoms with E-state index in [0.717, 1.165) is 26.2 Å². The number of rotatable bonds is 7. The third kappa shape index (κ3) is 6.28. The van der Waals surface area contributed by atoms with Crippen LogP contribution in [0.25, 0.3) is 0 Å². The van der Waals surface area contributed by atoms with Gasteiger partial charge >= 0.3 is 0 Å². The molecule has 0 aliphatic rings. The van der Waals surface area contributed by atoms with E-state index in [9.17, 15) is 0 Å². The highest BCUT2D eigenvalue weighted by Crippen LogP contribution is 1.92. The molecular formula is C8H19NO2. The van der Waals surface area contributed by atoms with Crippen molar-refractivity contribution in [2.24, 2.45) is 0 Å². The fraction of sp³-hybridized carbons (Fsp3) is 1.00. The Morgan fingerprint density at radius 2 is 2.18 bits per heavy atom. The van der Waals surface area contributed by atoms with Crippen molar-refractivity contribution >= 4 is 0 Å². The highest BCUT2D eigenvalue weighted by molar-refractivity contribution is 4.61. The van der Waals surface area contributed by atoms with Crippen molar-refractivity contribution in [1.82, 2.24) is 5.32 Å². The third-order valence-electron chi connectivity index (χ3n) is 1.59. The van der Waals surface area contributed by atoms with Crippen LogP contribution in [0.4, 0.5) is 0 Å². The molecule has 3 nitrogen and oxygen atoms in total. The quantitative estimate of drug-likeness (QED) is 0.556. The summed E-state index contributed by atoms with van der Waals surface area (Å²) in [5.41, 5.74) is 0. The summed E-state index contributed by atoms with van der Waals surface area (Å²) in [6, 6.07) is 0.423. The summed E-state index contributed by atoms with van der Waals surface area (Å²) in [6.45, 7) is 4.36. The van der Waals surface area contributed by atoms with E-state index < -0.39 is 0 Å². The summed E-state index contributed by atoms with van der Waals surface area (Å²) in [5, 5.41) is 3.16. The first-order valence-corrected chi connectivity index (χ1v) is 4.09. The Bertz CT molecular complexity index is 78.5. The van der Waals surface area contributed by atoms with Crippen LogP contribution in [0.1, 0.15) is 13.3 Å². The lowest BCUT2D eigenvalue weighted by atomic mass is 10.2. The second-order valence-corrected chi connectivity index (χ2v) is 2.43. The molecule has 0 heterocycles. The predicted octanol–water partition coefficient (Wildman–Crippen LogP) is 0.647. The Morgan fingerprint density at radius 1 is 1.45 bits per heavy atom. The molecule has 0 amide bonds. The molecule has 0 aromatic carbocycles. The number of nitrogens with one attached hydrogen (secondary N) is 1. The van der Waals surface area contributed by atoms with Gasteiger partial charge in [-0.05, 0) is 20.4 Å². The maximum absolute atomic E-state index is 5.22. The minimum Gasteiger partial charge on any atom is -0.383 e. The van der Waals surface area contributed by atoms with Crippen molar-refractivity contribution in [3.8, 4) is 0 Å². The molecule has 0 aromatic heterocycles. The molecule has 1 unspecified atom stereocenters. The number of likely N-dealkylation sites (N-methyl/N-ethyl adjacent to an activating group) is 1. The van der Waals surface area contributed by atoms with Crippen LogP contribution in [-0.4, -0.2) is 40.0 Å². The van der Waals surface area contributed by atoms with Gasteiger partial charge in [0.2, 0.25) is 0 Å². The van der Waals surface area contributed by atoms with Gasteiger partial charge in [-0.25, -0.2) is 0 Å². The second kappa shape index (κ2) is 7.98. The first-order valence-electron chi connectivity index (χ1n) is 4.09. The molecule has 0 fully saturated rings. The molecule has 3 heteroatoms. The van der Waals surface area contributed by atoms with Gasteiger partial charge in [-0.15, -0.1) is 0 Å². The smallest absolute Gasteiger partial charge is 0.0616 e. The van der Waals surface area contributed by atoms with Gasteiger partial charge in [0.15, 0.2) is 0 Å². The van der Waals surface area contributed by atoms with E-state index in [-0.39, 0.29) is 0 Å². The van der Waals surface area contributed by atoms with E-state index in [2.05, 4.69) is 5.32 Å². The van der Waals surface area contributed by atoms with Gasteiger partial charge in [0.1, 0.15) is 0 Å². The zero-order valence-electron chi connectivity index (χ0n) is 7.72. The minimum atomic E-state index is 0.423. The molecule has 11 heavy (non-hydrogen) atoms. The summed E-state index contributed by atoms with van der Waals surface area (Å²) in [4.78, 5) is 0. The van der Waals surface area contributed by atoms with E-state index in [1.54, 1.807) is 7.11 Å². The van der Waals surface area contributed by atoms with Gasteiger partial charge in [0.05, 0.1) is 6.61 Å². The van der Waals surface area contributed by atoms with E-state index in [1.165, 1.54) is 0 Å². The van der Waals surface area contributed by atoms with Crippen LogP contribution in [0.15, 0.2) is 0 Å². The Kier molecular flexibility index (Phi) is 7.89. The molecule has 0 aliphatic heterocycles. The van der Waals surface area contributed by atoms with E-state index in [0.29, 0.717) is 6.04 Å². The summed E-state index contributed by atoms with van der Waals surface area (Å²) < 4.78 is 10.2. The van der Waals surface area contributed by atoms with Crippen LogP contribution >= 0.6 is 0 Å². The zero-order chi connectivity index (χ0) is 8.53. The normalized spacial score (nSPS) is 13.4. The number of methoxy groups -OCH3 is 1. The molecule has 0 saturated carbocycles. The predicted molar refractivity (Wildman–Crippen MR) is 45.8 cm³/mol. The van der Waals surface area contributed by atoms with Crippen LogP contribution in [0.3, 0.4) is 0 Å². The molecule has 0 aliphatic carbocycles. The fourth-order valence-corrected chi connectivity index (χ4v) is 0.882. The highest BCUT2D eigenvalue weighted by atomic mass is 16.5. The Balaban J connectivity index is 3.20. The Labute approximate surface area is 69.1 Å². The van der Waals surface area contributed by atoms with Crippen molar-refractivity contribution < 1.29 is 9.47 Å². The van der Waals surface area contributed by atoms with Crippen LogP contribution in [0.5, 0.6) is 0 Å². The second-order valence-electron chi connectivity index (χ2n) is 2.43. The standard InChI is InChI=1S/C8H19NO2/c1-4-11-6-5-8(9-2)7-10-3/h8-9H,4-7H2,1-3H3. The molecule has 0 saturated heterocycles. The van der Waals surface area contributed by atoms with Gasteiger partial charge in [-0.2, -0.15) is 0 Å². The van der Waals surface area contributed by atoms with Crippen molar-refractivity contribution in [1.29, 1.82) is 0 Å². The van der Waals surface area contributed by atoms with Crippen LogP contribution in [-0.2, 0) is 9.47 Å². The SMILES string of the molecule is CCOCCC(COC)NC. The van der Waals surface area contributed by atoms with E-state index >= 15 is 0 Å². The zero-order valence-corrected chi connectivity index (χ0v) is 7.72. The average molecular weight is 161 g/mol. The van der Waals surface area contributed by atoms with Gasteiger partial charge < -0.3 is 14.8 Å². The van der Waals surface area contributed by atoms with Crippen molar-refractivity contribution in [2.75, 3.05) is 34.0 Å². The molecule has 0 radical (unpaired) electrons. The van der Waals surface area contributed by atoms with Gasteiger partial charge in [-0.1, -0.05) is 0 Å². The topological polar surface area (TPSA) is 30.5 Å². The maximum Gasteiger partial charge on any atom is 0.0616 e. The summed E-state index contributed by atoms with van der Waals surface area (Å²) in [6.07, 6.45) is 1.01. The first-order chi connectivity index (χ1) is 5.35. The number of hydrogen-bond donors (Lipinski definition) is 1. The Morgan fingerprint density at radius 3 is 2.64 bits per heavy atom. The van der Waals surface area contributed by atoms with E-state index in [4.69, 9.17) is 9.47 Å². The summed E-state index contributed by atoms with van der Waals surface area (Å²) in [7, 11) is 3.65. The van der Waals surface area contributed by atoms with Crippen molar-refractivity contribution in [3.05, 3.63) is 0 Å². The van der Waals surface area contributed by atoms with Crippen LogP contribution < -0.4 is 5.32 Å². The average Bonchev–Trinajstić information content (AvgIpc) is 2.03. The summed E-state index contributed by atoms with van der Waals surface area (Å²) in [5.74, 6) is 0. The number of hydrogen-bond acceptors (Lipinski definition) is 3. The molecule has 0 bridgehead atoms. The van der Waals surface area contributed by atoms with Crippen molar-refractivity contribution in [2.45, 2.75) is 19.4 Å². The van der Waals surface area contributed by atoms with Gasteiger partial charge in [-0.3, -0.25) is 0 Å². The minimum absolute atomic E-state index is 0.423. The molecule has 1 N–H and O–H groups in total. The molecular weight excluding hydrogens is 142 g/mol. The lowest BCUT2D eigenvalue weighted by Gasteiger charge is -2.14. The monoisotopic (exact) mass is 161 g/mol. The first kappa shape index (κ1) is 10.9. The van der Waals surface area contributed by atoms with Crippen LogP contribution in [0, 0.1) is 0 Å². The molecule has 0 spiro atoms. The van der Waals surface area contributed by atoms with E-state index in [1.807, 2.05) is 14.0 Å². The van der Waals surface area contributed by atoms with Gasteiger partial charge in [0, 0.05) is 26.4 Å². The molecule has 68 valence electrons. The fourth-order valence-electron chi connectivity index (χ4n) is 0.882. The lowest BCUT2D eigenvalue weighted by Crippen LogP contribution is -2.31. The van der Waals surface area contributed by atoms with Crippen LogP contribution in [0.2, 0.25) is 0 Å². The van der Waals surface area contributed by atoms with Crippen molar-refractivity contribution in [3.63, 3.8) is 0 Å². The third-order valence-corrected chi connectivity index (χ3v) is 1.59. The molecule has 0 rings (SSSR count). The highest BCUT2D eigenvalue weighted by Gasteiger charge is 2.03. The summed E-state index contributed by atoms with van der Waals surface area (Å²) >= 11 is 0. The van der Waals surface area contributed by atoms with Gasteiger partial charge in [0.25, 0.3) is 0 Å². The largest absolute Gasteiger partial charge is 0.383 e. The lowest BCUT2D eigenvalue weighted by molar-refractivity contribution is 0.113. The molecule has 0 aromatic rings. The Hall–Kier alpha value is -0.120. The number of ether oxygens (including phenoxy) is 2.